The van der Waals surface area contributed by atoms with Gasteiger partial charge in [-0.05, 0) is 19.2 Å². The number of rotatable bonds is 5. The number of anilines is 1. The molecule has 1 unspecified atom stereocenters. The van der Waals surface area contributed by atoms with Crippen molar-refractivity contribution in [3.63, 3.8) is 0 Å². The maximum atomic E-state index is 12.9. The summed E-state index contributed by atoms with van der Waals surface area (Å²) in [7, 11) is 1.82. The topological polar surface area (TPSA) is 71.7 Å². The van der Waals surface area contributed by atoms with Crippen LogP contribution in [-0.4, -0.2) is 61.7 Å². The van der Waals surface area contributed by atoms with Gasteiger partial charge in [-0.15, -0.1) is 0 Å². The van der Waals surface area contributed by atoms with Crippen LogP contribution in [-0.2, 0) is 9.53 Å². The molecule has 1 fully saturated rings. The average molecular weight is 282 g/mol. The molecule has 1 aliphatic rings. The van der Waals surface area contributed by atoms with Crippen molar-refractivity contribution < 1.29 is 13.9 Å². The molecule has 1 amide bonds. The lowest BCUT2D eigenvalue weighted by Gasteiger charge is -2.35. The second kappa shape index (κ2) is 6.62. The molecule has 0 radical (unpaired) electrons. The minimum atomic E-state index is -0.361. The molecule has 0 aromatic carbocycles. The van der Waals surface area contributed by atoms with E-state index in [2.05, 4.69) is 4.98 Å². The van der Waals surface area contributed by atoms with Gasteiger partial charge in [0.15, 0.2) is 0 Å². The summed E-state index contributed by atoms with van der Waals surface area (Å²) in [5.41, 5.74) is 5.15. The van der Waals surface area contributed by atoms with Crippen LogP contribution in [0.25, 0.3) is 0 Å². The Morgan fingerprint density at radius 2 is 2.45 bits per heavy atom. The van der Waals surface area contributed by atoms with Crippen LogP contribution < -0.4 is 10.6 Å². The predicted octanol–water partition coefficient (Wildman–Crippen LogP) is -0.157. The highest BCUT2D eigenvalue weighted by Gasteiger charge is 2.23. The Bertz CT molecular complexity index is 454. The van der Waals surface area contributed by atoms with Crippen LogP contribution in [0.2, 0.25) is 0 Å². The number of likely N-dealkylation sites (N-methyl/N-ethyl adjacent to an activating group) is 1. The van der Waals surface area contributed by atoms with E-state index in [0.29, 0.717) is 26.2 Å². The molecule has 0 bridgehead atoms. The van der Waals surface area contributed by atoms with Crippen molar-refractivity contribution in [3.8, 4) is 0 Å². The maximum absolute atomic E-state index is 12.9. The third-order valence-electron chi connectivity index (χ3n) is 3.12. The maximum Gasteiger partial charge on any atom is 0.231 e. The smallest absolute Gasteiger partial charge is 0.231 e. The van der Waals surface area contributed by atoms with Crippen LogP contribution >= 0.6 is 0 Å². The molecule has 7 heteroatoms. The summed E-state index contributed by atoms with van der Waals surface area (Å²) < 4.78 is 18.5. The number of hydrogen-bond donors (Lipinski definition) is 1. The number of pyridine rings is 1. The molecular formula is C13H19FN4O2. The van der Waals surface area contributed by atoms with Gasteiger partial charge >= 0.3 is 0 Å². The third kappa shape index (κ3) is 4.14. The zero-order valence-corrected chi connectivity index (χ0v) is 11.5. The Labute approximate surface area is 117 Å². The van der Waals surface area contributed by atoms with E-state index in [0.717, 1.165) is 5.82 Å². The van der Waals surface area contributed by atoms with Gasteiger partial charge in [0.1, 0.15) is 11.6 Å². The fourth-order valence-corrected chi connectivity index (χ4v) is 2.27. The lowest BCUT2D eigenvalue weighted by atomic mass is 10.2. The number of primary amides is 1. The minimum absolute atomic E-state index is 0.0278. The summed E-state index contributed by atoms with van der Waals surface area (Å²) in [4.78, 5) is 18.8. The molecule has 1 saturated heterocycles. The highest BCUT2D eigenvalue weighted by molar-refractivity contribution is 5.75. The first-order valence-electron chi connectivity index (χ1n) is 6.49. The molecule has 110 valence electrons. The third-order valence-corrected chi connectivity index (χ3v) is 3.12. The molecule has 1 atom stereocenters. The predicted molar refractivity (Wildman–Crippen MR) is 72.8 cm³/mol. The molecule has 2 N–H and O–H groups in total. The Hall–Kier alpha value is -1.73. The fourth-order valence-electron chi connectivity index (χ4n) is 2.27. The molecule has 20 heavy (non-hydrogen) atoms. The second-order valence-corrected chi connectivity index (χ2v) is 4.94. The lowest BCUT2D eigenvalue weighted by Crippen LogP contribution is -2.48. The van der Waals surface area contributed by atoms with E-state index in [1.807, 2.05) is 16.8 Å². The van der Waals surface area contributed by atoms with E-state index in [9.17, 15) is 9.18 Å². The second-order valence-electron chi connectivity index (χ2n) is 4.94. The van der Waals surface area contributed by atoms with Crippen molar-refractivity contribution in [2.24, 2.45) is 5.73 Å². The van der Waals surface area contributed by atoms with Crippen LogP contribution in [0.4, 0.5) is 10.2 Å². The summed E-state index contributed by atoms with van der Waals surface area (Å²) >= 11 is 0. The van der Waals surface area contributed by atoms with Crippen LogP contribution in [0.15, 0.2) is 18.3 Å². The number of carbonyl (C=O) groups excluding carboxylic acids is 1. The number of carbonyl (C=O) groups is 1. The number of halogens is 1. The SMILES string of the molecule is CN(CC(N)=O)CC1CN(c2ccc(F)cn2)CCO1. The van der Waals surface area contributed by atoms with E-state index in [1.165, 1.54) is 12.3 Å². The molecule has 0 spiro atoms. The first-order chi connectivity index (χ1) is 9.54. The Balaban J connectivity index is 1.91. The van der Waals surface area contributed by atoms with Gasteiger partial charge in [-0.2, -0.15) is 0 Å². The molecule has 1 aromatic heterocycles. The van der Waals surface area contributed by atoms with Gasteiger partial charge < -0.3 is 15.4 Å². The number of hydrogen-bond acceptors (Lipinski definition) is 5. The highest BCUT2D eigenvalue weighted by Crippen LogP contribution is 2.15. The standard InChI is InChI=1S/C13H19FN4O2/c1-17(9-12(15)19)7-11-8-18(4-5-20-11)13-3-2-10(14)6-16-13/h2-3,6,11H,4-5,7-9H2,1H3,(H2,15,19). The fraction of sp³-hybridized carbons (Fsp3) is 0.538. The van der Waals surface area contributed by atoms with Crippen molar-refractivity contribution in [2.45, 2.75) is 6.10 Å². The molecule has 0 saturated carbocycles. The van der Waals surface area contributed by atoms with Crippen molar-refractivity contribution >= 4 is 11.7 Å². The van der Waals surface area contributed by atoms with Gasteiger partial charge in [0, 0.05) is 19.6 Å². The number of ether oxygens (including phenoxy) is 1. The summed E-state index contributed by atoms with van der Waals surface area (Å²) in [6, 6.07) is 3.05. The number of amides is 1. The van der Waals surface area contributed by atoms with Gasteiger partial charge in [-0.3, -0.25) is 9.69 Å². The molecule has 2 rings (SSSR count). The first kappa shape index (κ1) is 14.7. The minimum Gasteiger partial charge on any atom is -0.373 e. The van der Waals surface area contributed by atoms with Gasteiger partial charge in [0.05, 0.1) is 25.5 Å². The quantitative estimate of drug-likeness (QED) is 0.813. The zero-order valence-electron chi connectivity index (χ0n) is 11.5. The normalized spacial score (nSPS) is 19.4. The van der Waals surface area contributed by atoms with Crippen LogP contribution in [0.1, 0.15) is 0 Å². The summed E-state index contributed by atoms with van der Waals surface area (Å²) in [5, 5.41) is 0. The molecule has 6 nitrogen and oxygen atoms in total. The van der Waals surface area contributed by atoms with E-state index >= 15 is 0 Å². The molecule has 1 aliphatic heterocycles. The number of morpholine rings is 1. The first-order valence-corrected chi connectivity index (χ1v) is 6.49. The van der Waals surface area contributed by atoms with E-state index < -0.39 is 0 Å². The monoisotopic (exact) mass is 282 g/mol. The van der Waals surface area contributed by atoms with Crippen LogP contribution in [0.3, 0.4) is 0 Å². The largest absolute Gasteiger partial charge is 0.373 e. The lowest BCUT2D eigenvalue weighted by molar-refractivity contribution is -0.119. The van der Waals surface area contributed by atoms with Gasteiger partial charge in [-0.1, -0.05) is 0 Å². The van der Waals surface area contributed by atoms with E-state index in [-0.39, 0.29) is 24.4 Å². The summed E-state index contributed by atoms with van der Waals surface area (Å²) in [6.45, 7) is 2.76. The van der Waals surface area contributed by atoms with Crippen molar-refractivity contribution in [1.82, 2.24) is 9.88 Å². The number of nitrogens with zero attached hydrogens (tertiary/aromatic N) is 3. The Morgan fingerprint density at radius 1 is 1.65 bits per heavy atom. The van der Waals surface area contributed by atoms with Gasteiger partial charge in [0.2, 0.25) is 5.91 Å². The average Bonchev–Trinajstić information content (AvgIpc) is 2.38. The Morgan fingerprint density at radius 3 is 3.10 bits per heavy atom. The van der Waals surface area contributed by atoms with Crippen molar-refractivity contribution in [3.05, 3.63) is 24.1 Å². The number of aromatic nitrogens is 1. The van der Waals surface area contributed by atoms with Crippen LogP contribution in [0.5, 0.6) is 0 Å². The van der Waals surface area contributed by atoms with Crippen molar-refractivity contribution in [1.29, 1.82) is 0 Å². The van der Waals surface area contributed by atoms with Crippen LogP contribution in [0, 0.1) is 5.82 Å². The van der Waals surface area contributed by atoms with E-state index in [4.69, 9.17) is 10.5 Å². The molecule has 1 aromatic rings. The number of nitrogens with two attached hydrogens (primary N) is 1. The highest BCUT2D eigenvalue weighted by atomic mass is 19.1. The van der Waals surface area contributed by atoms with Gasteiger partial charge in [0.25, 0.3) is 0 Å². The summed E-state index contributed by atoms with van der Waals surface area (Å²) in [5.74, 6) is 0.0253. The van der Waals surface area contributed by atoms with Crippen molar-refractivity contribution in [2.75, 3.05) is 44.7 Å². The molecule has 0 aliphatic carbocycles. The van der Waals surface area contributed by atoms with Gasteiger partial charge in [-0.25, -0.2) is 9.37 Å². The summed E-state index contributed by atoms with van der Waals surface area (Å²) in [6.07, 6.45) is 1.18. The molecule has 2 heterocycles. The Kier molecular flexibility index (Phi) is 4.86. The van der Waals surface area contributed by atoms with E-state index in [1.54, 1.807) is 6.07 Å². The zero-order chi connectivity index (χ0) is 14.5. The molecular weight excluding hydrogens is 263 g/mol.